The molecule has 148 valence electrons. The molecule has 0 amide bonds. The van der Waals surface area contributed by atoms with Gasteiger partial charge in [-0.3, -0.25) is 4.79 Å². The van der Waals surface area contributed by atoms with Gasteiger partial charge in [0.2, 0.25) is 5.95 Å². The van der Waals surface area contributed by atoms with E-state index in [2.05, 4.69) is 15.3 Å². The van der Waals surface area contributed by atoms with E-state index in [4.69, 9.17) is 9.72 Å². The van der Waals surface area contributed by atoms with Crippen molar-refractivity contribution in [1.82, 2.24) is 23.9 Å². The minimum atomic E-state index is -0.0373. The third kappa shape index (κ3) is 3.15. The van der Waals surface area contributed by atoms with E-state index >= 15 is 0 Å². The highest BCUT2D eigenvalue weighted by Gasteiger charge is 2.21. The zero-order valence-electron chi connectivity index (χ0n) is 16.4. The quantitative estimate of drug-likeness (QED) is 0.579. The van der Waals surface area contributed by atoms with Crippen LogP contribution in [0.3, 0.4) is 0 Å². The molecule has 0 bridgehead atoms. The van der Waals surface area contributed by atoms with Crippen LogP contribution in [0.1, 0.15) is 29.9 Å². The van der Waals surface area contributed by atoms with Gasteiger partial charge >= 0.3 is 0 Å². The summed E-state index contributed by atoms with van der Waals surface area (Å²) in [6, 6.07) is 3.73. The van der Waals surface area contributed by atoms with Crippen molar-refractivity contribution in [3.63, 3.8) is 0 Å². The van der Waals surface area contributed by atoms with Crippen LogP contribution in [0.15, 0.2) is 41.7 Å². The van der Waals surface area contributed by atoms with Crippen LogP contribution in [-0.2, 0) is 11.8 Å². The van der Waals surface area contributed by atoms with Gasteiger partial charge in [0.1, 0.15) is 5.65 Å². The Morgan fingerprint density at radius 1 is 1.21 bits per heavy atom. The molecule has 0 radical (unpaired) electrons. The van der Waals surface area contributed by atoms with Gasteiger partial charge in [-0.2, -0.15) is 0 Å². The number of aryl methyl sites for hydroxylation is 2. The molecular weight excluding hydrogens is 368 g/mol. The van der Waals surface area contributed by atoms with Gasteiger partial charge in [-0.25, -0.2) is 15.0 Å². The molecule has 29 heavy (non-hydrogen) atoms. The lowest BCUT2D eigenvalue weighted by atomic mass is 9.91. The second kappa shape index (κ2) is 6.97. The smallest absolute Gasteiger partial charge is 0.251 e. The number of anilines is 2. The average molecular weight is 390 g/mol. The van der Waals surface area contributed by atoms with Crippen LogP contribution in [0.5, 0.6) is 0 Å². The van der Waals surface area contributed by atoms with E-state index in [1.807, 2.05) is 29.8 Å². The predicted octanol–water partition coefficient (Wildman–Crippen LogP) is 2.92. The molecule has 5 heterocycles. The molecule has 4 aromatic rings. The van der Waals surface area contributed by atoms with E-state index in [1.54, 1.807) is 30.1 Å². The van der Waals surface area contributed by atoms with Gasteiger partial charge in [0.25, 0.3) is 5.56 Å². The Hall–Kier alpha value is -3.26. The van der Waals surface area contributed by atoms with Gasteiger partial charge in [0.05, 0.1) is 22.9 Å². The Bertz CT molecular complexity index is 1270. The number of imidazole rings is 1. The van der Waals surface area contributed by atoms with Crippen molar-refractivity contribution >= 4 is 28.3 Å². The highest BCUT2D eigenvalue weighted by atomic mass is 16.5. The summed E-state index contributed by atoms with van der Waals surface area (Å²) >= 11 is 0. The first-order valence-corrected chi connectivity index (χ1v) is 9.75. The van der Waals surface area contributed by atoms with E-state index in [9.17, 15) is 4.79 Å². The average Bonchev–Trinajstić information content (AvgIpc) is 3.18. The lowest BCUT2D eigenvalue weighted by molar-refractivity contribution is 0.0855. The predicted molar refractivity (Wildman–Crippen MR) is 111 cm³/mol. The number of hydrogen-bond acceptors (Lipinski definition) is 6. The molecule has 0 aliphatic carbocycles. The summed E-state index contributed by atoms with van der Waals surface area (Å²) in [7, 11) is 1.76. The summed E-state index contributed by atoms with van der Waals surface area (Å²) in [5.41, 5.74) is 5.36. The summed E-state index contributed by atoms with van der Waals surface area (Å²) in [4.78, 5) is 26.1. The molecule has 8 nitrogen and oxygen atoms in total. The van der Waals surface area contributed by atoms with Crippen LogP contribution in [-0.4, -0.2) is 37.1 Å². The zero-order valence-corrected chi connectivity index (χ0v) is 16.4. The molecule has 1 fully saturated rings. The van der Waals surface area contributed by atoms with Gasteiger partial charge in [0, 0.05) is 44.9 Å². The number of fused-ring (bicyclic) bond motifs is 2. The topological polar surface area (TPSA) is 86.3 Å². The van der Waals surface area contributed by atoms with Crippen LogP contribution >= 0.6 is 0 Å². The maximum Gasteiger partial charge on any atom is 0.251 e. The van der Waals surface area contributed by atoms with Crippen LogP contribution in [0, 0.1) is 6.92 Å². The van der Waals surface area contributed by atoms with Crippen LogP contribution in [0.25, 0.3) is 16.7 Å². The van der Waals surface area contributed by atoms with Crippen molar-refractivity contribution in [3.05, 3.63) is 58.4 Å². The van der Waals surface area contributed by atoms with E-state index in [0.717, 1.165) is 46.3 Å². The summed E-state index contributed by atoms with van der Waals surface area (Å²) in [6.45, 7) is 3.44. The third-order valence-corrected chi connectivity index (χ3v) is 5.66. The van der Waals surface area contributed by atoms with E-state index in [-0.39, 0.29) is 11.5 Å². The number of rotatable bonds is 3. The monoisotopic (exact) mass is 390 g/mol. The number of pyridine rings is 2. The fraction of sp³-hybridized carbons (Fsp3) is 0.333. The highest BCUT2D eigenvalue weighted by Crippen LogP contribution is 2.31. The molecule has 0 saturated carbocycles. The Labute approximate surface area is 167 Å². The molecule has 1 saturated heterocycles. The van der Waals surface area contributed by atoms with E-state index < -0.39 is 0 Å². The molecule has 0 aromatic carbocycles. The normalized spacial score (nSPS) is 15.2. The van der Waals surface area contributed by atoms with E-state index in [1.165, 1.54) is 0 Å². The fourth-order valence-corrected chi connectivity index (χ4v) is 3.94. The fourth-order valence-electron chi connectivity index (χ4n) is 3.94. The molecule has 1 aliphatic rings. The maximum absolute atomic E-state index is 12.5. The van der Waals surface area contributed by atoms with Crippen LogP contribution < -0.4 is 10.9 Å². The van der Waals surface area contributed by atoms with E-state index in [0.29, 0.717) is 19.2 Å². The number of ether oxygens (including phenoxy) is 1. The first kappa shape index (κ1) is 17.8. The SMILES string of the molecule is Cc1cc2nccn2cc1Nc1ncc2c(n1)c(C1CCOCC1)cc(=O)n2C. The molecule has 1 aliphatic heterocycles. The Morgan fingerprint density at radius 2 is 2.03 bits per heavy atom. The largest absolute Gasteiger partial charge is 0.381 e. The van der Waals surface area contributed by atoms with Gasteiger partial charge < -0.3 is 19.0 Å². The number of hydrogen-bond donors (Lipinski definition) is 1. The van der Waals surface area contributed by atoms with Gasteiger partial charge in [-0.15, -0.1) is 0 Å². The Kier molecular flexibility index (Phi) is 4.28. The van der Waals surface area contributed by atoms with Gasteiger partial charge in [-0.1, -0.05) is 0 Å². The Morgan fingerprint density at radius 3 is 2.86 bits per heavy atom. The molecule has 0 atom stereocenters. The van der Waals surface area contributed by atoms with Crippen molar-refractivity contribution < 1.29 is 4.74 Å². The van der Waals surface area contributed by atoms with Crippen molar-refractivity contribution in [2.24, 2.45) is 7.05 Å². The second-order valence-electron chi connectivity index (χ2n) is 7.50. The van der Waals surface area contributed by atoms with Crippen LogP contribution in [0.4, 0.5) is 11.6 Å². The summed E-state index contributed by atoms with van der Waals surface area (Å²) in [5, 5.41) is 3.33. The molecule has 4 aromatic heterocycles. The third-order valence-electron chi connectivity index (χ3n) is 5.66. The van der Waals surface area contributed by atoms with Crippen molar-refractivity contribution in [2.75, 3.05) is 18.5 Å². The molecule has 0 unspecified atom stereocenters. The lowest BCUT2D eigenvalue weighted by Gasteiger charge is -2.23. The molecule has 5 rings (SSSR count). The first-order valence-electron chi connectivity index (χ1n) is 9.75. The molecular formula is C21H22N6O2. The number of nitrogens with zero attached hydrogens (tertiary/aromatic N) is 5. The van der Waals surface area contributed by atoms with Crippen LogP contribution in [0.2, 0.25) is 0 Å². The minimum absolute atomic E-state index is 0.0373. The minimum Gasteiger partial charge on any atom is -0.381 e. The first-order chi connectivity index (χ1) is 14.1. The molecule has 0 spiro atoms. The van der Waals surface area contributed by atoms with Gasteiger partial charge in [-0.05, 0) is 42.9 Å². The summed E-state index contributed by atoms with van der Waals surface area (Å²) in [5.74, 6) is 0.777. The van der Waals surface area contributed by atoms with Crippen molar-refractivity contribution in [3.8, 4) is 0 Å². The van der Waals surface area contributed by atoms with Crippen molar-refractivity contribution in [1.29, 1.82) is 0 Å². The number of nitrogens with one attached hydrogen (secondary N) is 1. The van der Waals surface area contributed by atoms with Gasteiger partial charge in [0.15, 0.2) is 0 Å². The highest BCUT2D eigenvalue weighted by molar-refractivity contribution is 5.80. The molecule has 1 N–H and O–H groups in total. The second-order valence-corrected chi connectivity index (χ2v) is 7.50. The number of aromatic nitrogens is 5. The standard InChI is InChI=1S/C21H22N6O2/c1-13-9-18-22-5-6-27(18)12-16(13)24-21-23-11-17-20(25-21)15(10-19(28)26(17)2)14-3-7-29-8-4-14/h5-6,9-12,14H,3-4,7-8H2,1-2H3,(H,23,24,25). The lowest BCUT2D eigenvalue weighted by Crippen LogP contribution is -2.22. The maximum atomic E-state index is 12.5. The molecule has 8 heteroatoms. The Balaban J connectivity index is 1.60. The zero-order chi connectivity index (χ0) is 20.0. The van der Waals surface area contributed by atoms with Crippen molar-refractivity contribution in [2.45, 2.75) is 25.7 Å². The summed E-state index contributed by atoms with van der Waals surface area (Å²) in [6.07, 6.45) is 9.16. The summed E-state index contributed by atoms with van der Waals surface area (Å²) < 4.78 is 9.05.